The van der Waals surface area contributed by atoms with Crippen molar-refractivity contribution in [2.75, 3.05) is 53.5 Å². The number of aromatic nitrogens is 3. The molecule has 1 unspecified atom stereocenters. The van der Waals surface area contributed by atoms with Gasteiger partial charge in [-0.15, -0.1) is 0 Å². The Bertz CT molecular complexity index is 2010. The van der Waals surface area contributed by atoms with Crippen LogP contribution in [0.1, 0.15) is 17.0 Å². The van der Waals surface area contributed by atoms with Gasteiger partial charge in [-0.25, -0.2) is 14.2 Å². The van der Waals surface area contributed by atoms with Gasteiger partial charge in [0.1, 0.15) is 35.4 Å². The van der Waals surface area contributed by atoms with E-state index >= 15 is 0 Å². The maximum Gasteiger partial charge on any atom is 0.345 e. The zero-order chi connectivity index (χ0) is 35.5. The molecule has 6 rings (SSSR count). The summed E-state index contributed by atoms with van der Waals surface area (Å²) >= 11 is 7.02. The summed E-state index contributed by atoms with van der Waals surface area (Å²) in [5, 5.41) is 11.3. The Labute approximate surface area is 296 Å². The number of aryl methyl sites for hydroxylation is 2. The lowest BCUT2D eigenvalue weighted by Gasteiger charge is -2.32. The van der Waals surface area contributed by atoms with Crippen LogP contribution in [-0.2, 0) is 18.3 Å². The van der Waals surface area contributed by atoms with E-state index in [0.29, 0.717) is 56.8 Å². The number of halogens is 2. The van der Waals surface area contributed by atoms with E-state index in [4.69, 9.17) is 30.8 Å². The van der Waals surface area contributed by atoms with E-state index in [1.54, 1.807) is 31.2 Å². The van der Waals surface area contributed by atoms with Gasteiger partial charge in [0, 0.05) is 51.8 Å². The van der Waals surface area contributed by atoms with Crippen molar-refractivity contribution >= 4 is 28.6 Å². The summed E-state index contributed by atoms with van der Waals surface area (Å²) in [6, 6.07) is 17.2. The number of benzene rings is 3. The fourth-order valence-electron chi connectivity index (χ4n) is 6.46. The lowest BCUT2D eigenvalue weighted by molar-refractivity contribution is -0.145. The molecule has 0 spiro atoms. The fraction of sp³-hybridized carbons (Fsp3) is 0.342. The minimum atomic E-state index is -1.30. The van der Waals surface area contributed by atoms with Crippen LogP contribution in [0.4, 0.5) is 4.39 Å². The molecule has 3 aromatic carbocycles. The van der Waals surface area contributed by atoms with Crippen LogP contribution in [0.3, 0.4) is 0 Å². The van der Waals surface area contributed by atoms with Crippen molar-refractivity contribution in [3.63, 3.8) is 0 Å². The number of likely N-dealkylation sites (N-methyl/N-ethyl adjacent to an activating group) is 1. The SMILES string of the molecule is COc1ccccc1CC(Oc1nc(C)nc2c1c(-c1ccc(OCCN3CCN(C)CC3)c(Cl)c1C)c(-c1ccc(F)cc1)n2C)C(=O)O. The standard InChI is InChI=1S/C38H41ClFN5O5/c1-23-28(14-15-30(34(23)39)49-21-20-45-18-16-43(3)17-19-45)32-33-36(44(4)35(32)25-10-12-27(40)13-11-25)41-24(2)42-37(33)50-31(38(46)47)22-26-8-6-7-9-29(26)48-5/h6-15,31H,16-22H2,1-5H3,(H,46,47). The van der Waals surface area contributed by atoms with Gasteiger partial charge >= 0.3 is 5.97 Å². The van der Waals surface area contributed by atoms with Crippen molar-refractivity contribution in [3.8, 4) is 39.8 Å². The third kappa shape index (κ3) is 7.26. The lowest BCUT2D eigenvalue weighted by Crippen LogP contribution is -2.45. The topological polar surface area (TPSA) is 102 Å². The van der Waals surface area contributed by atoms with Gasteiger partial charge in [0.15, 0.2) is 0 Å². The number of piperazine rings is 1. The van der Waals surface area contributed by atoms with Crippen LogP contribution in [0, 0.1) is 19.7 Å². The van der Waals surface area contributed by atoms with Crippen molar-refractivity contribution in [3.05, 3.63) is 88.5 Å². The monoisotopic (exact) mass is 701 g/mol. The Morgan fingerprint density at radius 2 is 1.70 bits per heavy atom. The van der Waals surface area contributed by atoms with Gasteiger partial charge in [-0.1, -0.05) is 35.9 Å². The third-order valence-electron chi connectivity index (χ3n) is 9.23. The van der Waals surface area contributed by atoms with Gasteiger partial charge in [-0.2, -0.15) is 4.98 Å². The molecule has 0 bridgehead atoms. The maximum absolute atomic E-state index is 14.1. The molecule has 0 saturated carbocycles. The van der Waals surface area contributed by atoms with Crippen LogP contribution in [0.15, 0.2) is 60.7 Å². The molecule has 1 fully saturated rings. The molecule has 0 amide bonds. The minimum Gasteiger partial charge on any atom is -0.496 e. The molecule has 3 heterocycles. The second-order valence-electron chi connectivity index (χ2n) is 12.6. The normalized spacial score (nSPS) is 14.5. The summed E-state index contributed by atoms with van der Waals surface area (Å²) < 4.78 is 34.0. The van der Waals surface area contributed by atoms with Gasteiger partial charge in [0.2, 0.25) is 12.0 Å². The van der Waals surface area contributed by atoms with E-state index in [0.717, 1.165) is 49.4 Å². The van der Waals surface area contributed by atoms with Crippen LogP contribution in [0.2, 0.25) is 5.02 Å². The predicted molar refractivity (Wildman–Crippen MR) is 192 cm³/mol. The molecule has 1 saturated heterocycles. The van der Waals surface area contributed by atoms with E-state index in [1.165, 1.54) is 19.2 Å². The maximum atomic E-state index is 14.1. The van der Waals surface area contributed by atoms with Crippen molar-refractivity contribution < 1.29 is 28.5 Å². The van der Waals surface area contributed by atoms with Gasteiger partial charge in [-0.3, -0.25) is 4.90 Å². The van der Waals surface area contributed by atoms with Crippen LogP contribution >= 0.6 is 11.6 Å². The summed E-state index contributed by atoms with van der Waals surface area (Å²) in [6.45, 7) is 8.96. The summed E-state index contributed by atoms with van der Waals surface area (Å²) in [4.78, 5) is 26.8. The van der Waals surface area contributed by atoms with E-state index in [1.807, 2.05) is 42.8 Å². The number of hydrogen-bond donors (Lipinski definition) is 1. The Kier molecular flexibility index (Phi) is 10.6. The molecule has 1 N–H and O–H groups in total. The summed E-state index contributed by atoms with van der Waals surface area (Å²) in [5.41, 5.74) is 4.80. The Balaban J connectivity index is 1.45. The highest BCUT2D eigenvalue weighted by Gasteiger charge is 2.30. The average Bonchev–Trinajstić information content (AvgIpc) is 3.39. The zero-order valence-electron chi connectivity index (χ0n) is 28.9. The molecular formula is C38H41ClFN5O5. The minimum absolute atomic E-state index is 0.0297. The summed E-state index contributed by atoms with van der Waals surface area (Å²) in [5.74, 6) is 0.0984. The van der Waals surface area contributed by atoms with Crippen LogP contribution in [-0.4, -0.2) is 95.0 Å². The van der Waals surface area contributed by atoms with Crippen LogP contribution < -0.4 is 14.2 Å². The molecule has 1 aliphatic heterocycles. The number of carboxylic acids is 1. The van der Waals surface area contributed by atoms with Crippen molar-refractivity contribution in [1.29, 1.82) is 0 Å². The van der Waals surface area contributed by atoms with Crippen LogP contribution in [0.5, 0.6) is 17.4 Å². The number of rotatable bonds is 12. The first-order valence-electron chi connectivity index (χ1n) is 16.5. The molecule has 10 nitrogen and oxygen atoms in total. The number of nitrogens with zero attached hydrogens (tertiary/aromatic N) is 5. The second-order valence-corrected chi connectivity index (χ2v) is 12.9. The largest absolute Gasteiger partial charge is 0.496 e. The molecule has 1 atom stereocenters. The highest BCUT2D eigenvalue weighted by molar-refractivity contribution is 6.33. The highest BCUT2D eigenvalue weighted by Crippen LogP contribution is 2.46. The highest BCUT2D eigenvalue weighted by atomic mass is 35.5. The smallest absolute Gasteiger partial charge is 0.345 e. The second kappa shape index (κ2) is 15.0. The molecule has 1 aliphatic rings. The van der Waals surface area contributed by atoms with E-state index < -0.39 is 12.1 Å². The number of aliphatic carboxylic acids is 1. The number of para-hydroxylation sites is 1. The van der Waals surface area contributed by atoms with Gasteiger partial charge in [0.25, 0.3) is 0 Å². The van der Waals surface area contributed by atoms with Gasteiger partial charge in [-0.05, 0) is 79.5 Å². The fourth-order valence-corrected chi connectivity index (χ4v) is 6.68. The molecule has 0 aliphatic carbocycles. The van der Waals surface area contributed by atoms with Crippen molar-refractivity contribution in [2.24, 2.45) is 7.05 Å². The van der Waals surface area contributed by atoms with E-state index in [2.05, 4.69) is 21.8 Å². The Hall–Kier alpha value is -4.71. The molecule has 50 heavy (non-hydrogen) atoms. The number of hydrogen-bond acceptors (Lipinski definition) is 8. The van der Waals surface area contributed by atoms with Gasteiger partial charge in [0.05, 0.1) is 23.2 Å². The quantitative estimate of drug-likeness (QED) is 0.158. The molecule has 12 heteroatoms. The number of carbonyl (C=O) groups is 1. The number of fused-ring (bicyclic) bond motifs is 1. The summed E-state index contributed by atoms with van der Waals surface area (Å²) in [7, 11) is 5.53. The number of ether oxygens (including phenoxy) is 3. The predicted octanol–water partition coefficient (Wildman–Crippen LogP) is 6.42. The molecule has 0 radical (unpaired) electrons. The molecule has 2 aromatic heterocycles. The first-order chi connectivity index (χ1) is 24.0. The van der Waals surface area contributed by atoms with Crippen molar-refractivity contribution in [1.82, 2.24) is 24.3 Å². The van der Waals surface area contributed by atoms with E-state index in [-0.39, 0.29) is 18.1 Å². The van der Waals surface area contributed by atoms with E-state index in [9.17, 15) is 14.3 Å². The average molecular weight is 702 g/mol. The third-order valence-corrected chi connectivity index (χ3v) is 9.70. The first kappa shape index (κ1) is 35.1. The van der Waals surface area contributed by atoms with Gasteiger partial charge < -0.3 is 28.8 Å². The van der Waals surface area contributed by atoms with Crippen molar-refractivity contribution in [2.45, 2.75) is 26.4 Å². The van der Waals surface area contributed by atoms with Crippen LogP contribution in [0.25, 0.3) is 33.4 Å². The molecule has 262 valence electrons. The molecular weight excluding hydrogens is 661 g/mol. The summed E-state index contributed by atoms with van der Waals surface area (Å²) in [6.07, 6.45) is -1.27. The lowest BCUT2D eigenvalue weighted by atomic mass is 9.95. The number of methoxy groups -OCH3 is 1. The zero-order valence-corrected chi connectivity index (χ0v) is 29.6. The Morgan fingerprint density at radius 1 is 0.980 bits per heavy atom. The Morgan fingerprint density at radius 3 is 2.40 bits per heavy atom. The number of carboxylic acid groups (broad SMARTS) is 1. The molecule has 5 aromatic rings. The first-order valence-corrected chi connectivity index (χ1v) is 16.9.